The Morgan fingerprint density at radius 1 is 1.09 bits per heavy atom. The molecule has 0 aliphatic carbocycles. The van der Waals surface area contributed by atoms with Crippen molar-refractivity contribution in [3.8, 4) is 11.5 Å². The Kier molecular flexibility index (Phi) is 9.77. The SMILES string of the molecule is C=CCc1ccc(OCCCn2c(CCCCCNC(=O)C=C)nc3ccccc32)c(OC)c1. The van der Waals surface area contributed by atoms with Crippen LogP contribution in [0.5, 0.6) is 11.5 Å². The third kappa shape index (κ3) is 6.98. The van der Waals surface area contributed by atoms with Gasteiger partial charge in [0.05, 0.1) is 24.8 Å². The number of allylic oxidation sites excluding steroid dienone is 1. The van der Waals surface area contributed by atoms with Gasteiger partial charge < -0.3 is 19.4 Å². The van der Waals surface area contributed by atoms with Crippen molar-refractivity contribution in [1.82, 2.24) is 14.9 Å². The molecule has 1 amide bonds. The van der Waals surface area contributed by atoms with E-state index in [0.717, 1.165) is 79.0 Å². The highest BCUT2D eigenvalue weighted by atomic mass is 16.5. The second-order valence-corrected chi connectivity index (χ2v) is 8.15. The van der Waals surface area contributed by atoms with Crippen LogP contribution >= 0.6 is 0 Å². The summed E-state index contributed by atoms with van der Waals surface area (Å²) in [5, 5.41) is 2.82. The Hall–Kier alpha value is -3.54. The number of imidazole rings is 1. The summed E-state index contributed by atoms with van der Waals surface area (Å²) in [5.74, 6) is 2.49. The molecular formula is C28H35N3O3. The van der Waals surface area contributed by atoms with Crippen LogP contribution in [0.25, 0.3) is 11.0 Å². The first-order chi connectivity index (χ1) is 16.7. The maximum absolute atomic E-state index is 11.2. The maximum atomic E-state index is 11.2. The summed E-state index contributed by atoms with van der Waals surface area (Å²) < 4.78 is 13.8. The average Bonchev–Trinajstić information content (AvgIpc) is 3.21. The average molecular weight is 462 g/mol. The van der Waals surface area contributed by atoms with Crippen LogP contribution < -0.4 is 14.8 Å². The number of hydrogen-bond acceptors (Lipinski definition) is 4. The lowest BCUT2D eigenvalue weighted by Gasteiger charge is -2.13. The molecule has 0 atom stereocenters. The van der Waals surface area contributed by atoms with Crippen molar-refractivity contribution in [3.05, 3.63) is 79.2 Å². The largest absolute Gasteiger partial charge is 0.493 e. The number of rotatable bonds is 15. The number of methoxy groups -OCH3 is 1. The number of carbonyl (C=O) groups excluding carboxylic acids is 1. The highest BCUT2D eigenvalue weighted by Gasteiger charge is 2.11. The Bertz CT molecular complexity index is 1100. The molecule has 0 bridgehead atoms. The molecule has 0 aliphatic heterocycles. The standard InChI is InChI=1S/C28H35N3O3/c1-4-12-22-16-17-25(26(21-22)33-3)34-20-11-19-31-24-14-9-8-13-23(24)30-27(31)15-7-6-10-18-29-28(32)5-2/h4-5,8-9,13-14,16-17,21H,1-2,6-7,10-12,15,18-20H2,3H3,(H,29,32). The van der Waals surface area contributed by atoms with Crippen LogP contribution in [0.2, 0.25) is 0 Å². The van der Waals surface area contributed by atoms with E-state index in [9.17, 15) is 4.79 Å². The van der Waals surface area contributed by atoms with Crippen molar-refractivity contribution in [2.75, 3.05) is 20.3 Å². The molecule has 2 aromatic carbocycles. The number of para-hydroxylation sites is 2. The van der Waals surface area contributed by atoms with E-state index < -0.39 is 0 Å². The summed E-state index contributed by atoms with van der Waals surface area (Å²) in [6.07, 6.45) is 8.76. The minimum Gasteiger partial charge on any atom is -0.493 e. The molecule has 0 aliphatic rings. The van der Waals surface area contributed by atoms with Crippen LogP contribution in [0.3, 0.4) is 0 Å². The van der Waals surface area contributed by atoms with Gasteiger partial charge in [-0.3, -0.25) is 4.79 Å². The molecule has 34 heavy (non-hydrogen) atoms. The van der Waals surface area contributed by atoms with Gasteiger partial charge >= 0.3 is 0 Å². The molecule has 3 rings (SSSR count). The molecule has 1 aromatic heterocycles. The number of aromatic nitrogens is 2. The molecule has 0 saturated carbocycles. The lowest BCUT2D eigenvalue weighted by Crippen LogP contribution is -2.21. The summed E-state index contributed by atoms with van der Waals surface area (Å²) in [4.78, 5) is 16.1. The lowest BCUT2D eigenvalue weighted by atomic mass is 10.1. The summed E-state index contributed by atoms with van der Waals surface area (Å²) in [5.41, 5.74) is 3.33. The van der Waals surface area contributed by atoms with Gasteiger partial charge in [-0.05, 0) is 61.6 Å². The highest BCUT2D eigenvalue weighted by Crippen LogP contribution is 2.28. The fourth-order valence-electron chi connectivity index (χ4n) is 3.96. The van der Waals surface area contributed by atoms with Gasteiger partial charge in [-0.25, -0.2) is 4.98 Å². The second-order valence-electron chi connectivity index (χ2n) is 8.15. The van der Waals surface area contributed by atoms with Crippen molar-refractivity contribution in [2.45, 2.75) is 45.1 Å². The van der Waals surface area contributed by atoms with Gasteiger partial charge in [0.1, 0.15) is 5.82 Å². The van der Waals surface area contributed by atoms with Crippen LogP contribution in [-0.4, -0.2) is 35.7 Å². The topological polar surface area (TPSA) is 65.4 Å². The van der Waals surface area contributed by atoms with Crippen molar-refractivity contribution in [1.29, 1.82) is 0 Å². The number of nitrogens with one attached hydrogen (secondary N) is 1. The predicted molar refractivity (Wildman–Crippen MR) is 138 cm³/mol. The second kappa shape index (κ2) is 13.2. The van der Waals surface area contributed by atoms with Crippen molar-refractivity contribution in [3.63, 3.8) is 0 Å². The molecule has 3 aromatic rings. The third-order valence-corrected chi connectivity index (χ3v) is 5.69. The number of fused-ring (bicyclic) bond motifs is 1. The zero-order valence-electron chi connectivity index (χ0n) is 20.1. The van der Waals surface area contributed by atoms with Gasteiger partial charge in [0, 0.05) is 19.5 Å². The minimum atomic E-state index is -0.116. The molecule has 1 N–H and O–H groups in total. The van der Waals surface area contributed by atoms with E-state index in [2.05, 4.69) is 41.2 Å². The molecule has 0 spiro atoms. The Morgan fingerprint density at radius 3 is 2.74 bits per heavy atom. The minimum absolute atomic E-state index is 0.116. The Morgan fingerprint density at radius 2 is 1.94 bits per heavy atom. The molecular weight excluding hydrogens is 426 g/mol. The number of benzene rings is 2. The molecule has 0 saturated heterocycles. The first-order valence-electron chi connectivity index (χ1n) is 11.9. The maximum Gasteiger partial charge on any atom is 0.243 e. The van der Waals surface area contributed by atoms with Gasteiger partial charge in [0.15, 0.2) is 11.5 Å². The quantitative estimate of drug-likeness (QED) is 0.191. The normalized spacial score (nSPS) is 10.7. The molecule has 0 unspecified atom stereocenters. The molecule has 6 nitrogen and oxygen atoms in total. The summed E-state index contributed by atoms with van der Waals surface area (Å²) in [6.45, 7) is 9.36. The lowest BCUT2D eigenvalue weighted by molar-refractivity contribution is -0.116. The fraction of sp³-hybridized carbons (Fsp3) is 0.357. The zero-order chi connectivity index (χ0) is 24.2. The molecule has 1 heterocycles. The van der Waals surface area contributed by atoms with E-state index in [1.165, 1.54) is 6.08 Å². The Balaban J connectivity index is 1.55. The third-order valence-electron chi connectivity index (χ3n) is 5.69. The van der Waals surface area contributed by atoms with E-state index in [1.807, 2.05) is 30.3 Å². The summed E-state index contributed by atoms with van der Waals surface area (Å²) in [6, 6.07) is 14.3. The number of ether oxygens (including phenoxy) is 2. The molecule has 0 radical (unpaired) electrons. The summed E-state index contributed by atoms with van der Waals surface area (Å²) >= 11 is 0. The summed E-state index contributed by atoms with van der Waals surface area (Å²) in [7, 11) is 1.66. The van der Waals surface area contributed by atoms with Gasteiger partial charge in [-0.1, -0.05) is 37.3 Å². The van der Waals surface area contributed by atoms with Crippen LogP contribution in [0, 0.1) is 0 Å². The Labute approximate surface area is 202 Å². The predicted octanol–water partition coefficient (Wildman–Crippen LogP) is 5.26. The molecule has 6 heteroatoms. The van der Waals surface area contributed by atoms with Crippen LogP contribution in [0.4, 0.5) is 0 Å². The van der Waals surface area contributed by atoms with Crippen molar-refractivity contribution < 1.29 is 14.3 Å². The number of amides is 1. The van der Waals surface area contributed by atoms with E-state index in [0.29, 0.717) is 13.2 Å². The van der Waals surface area contributed by atoms with E-state index in [1.54, 1.807) is 7.11 Å². The smallest absolute Gasteiger partial charge is 0.243 e. The fourth-order valence-corrected chi connectivity index (χ4v) is 3.96. The number of hydrogen-bond donors (Lipinski definition) is 1. The molecule has 180 valence electrons. The van der Waals surface area contributed by atoms with Gasteiger partial charge in [0.2, 0.25) is 5.91 Å². The van der Waals surface area contributed by atoms with E-state index >= 15 is 0 Å². The van der Waals surface area contributed by atoms with Crippen LogP contribution in [0.1, 0.15) is 37.1 Å². The number of carbonyl (C=O) groups is 1. The monoisotopic (exact) mass is 461 g/mol. The van der Waals surface area contributed by atoms with Crippen LogP contribution in [-0.2, 0) is 24.2 Å². The highest BCUT2D eigenvalue weighted by molar-refractivity contribution is 5.86. The van der Waals surface area contributed by atoms with Crippen molar-refractivity contribution in [2.24, 2.45) is 0 Å². The van der Waals surface area contributed by atoms with Gasteiger partial charge in [-0.2, -0.15) is 0 Å². The number of unbranched alkanes of at least 4 members (excludes halogenated alkanes) is 2. The molecule has 0 fully saturated rings. The number of nitrogens with zero attached hydrogens (tertiary/aromatic N) is 2. The first kappa shape index (κ1) is 25.1. The van der Waals surface area contributed by atoms with Crippen LogP contribution in [0.15, 0.2) is 67.8 Å². The van der Waals surface area contributed by atoms with Gasteiger partial charge in [-0.15, -0.1) is 6.58 Å². The van der Waals surface area contributed by atoms with Gasteiger partial charge in [0.25, 0.3) is 0 Å². The van der Waals surface area contributed by atoms with E-state index in [-0.39, 0.29) is 5.91 Å². The zero-order valence-corrected chi connectivity index (χ0v) is 20.1. The van der Waals surface area contributed by atoms with Crippen molar-refractivity contribution >= 4 is 16.9 Å². The number of aryl methyl sites for hydroxylation is 2. The van der Waals surface area contributed by atoms with E-state index in [4.69, 9.17) is 14.5 Å². The first-order valence-corrected chi connectivity index (χ1v) is 11.9.